The molecule has 0 fully saturated rings. The molecule has 0 radical (unpaired) electrons. The first-order chi connectivity index (χ1) is 18.8. The summed E-state index contributed by atoms with van der Waals surface area (Å²) in [4.78, 5) is 27.4. The van der Waals surface area contributed by atoms with Gasteiger partial charge in [-0.05, 0) is 33.0 Å². The van der Waals surface area contributed by atoms with Crippen molar-refractivity contribution < 1.29 is 4.79 Å². The lowest BCUT2D eigenvalue weighted by atomic mass is 10.1. The molecule has 0 saturated heterocycles. The molecule has 8 nitrogen and oxygen atoms in total. The Bertz CT molecular complexity index is 1340. The lowest BCUT2D eigenvalue weighted by Crippen LogP contribution is -2.32. The fourth-order valence-electron chi connectivity index (χ4n) is 4.12. The summed E-state index contributed by atoms with van der Waals surface area (Å²) in [6, 6.07) is 19.3. The summed E-state index contributed by atoms with van der Waals surface area (Å²) >= 11 is 1.71. The highest BCUT2D eigenvalue weighted by molar-refractivity contribution is 8.14. The van der Waals surface area contributed by atoms with Crippen molar-refractivity contribution in [2.75, 3.05) is 49.7 Å². The number of carbonyl (C=O) groups is 1. The second kappa shape index (κ2) is 13.5. The predicted molar refractivity (Wildman–Crippen MR) is 164 cm³/mol. The topological polar surface area (TPSA) is 86.1 Å². The van der Waals surface area contributed by atoms with Crippen molar-refractivity contribution in [1.82, 2.24) is 14.9 Å². The third-order valence-electron chi connectivity index (χ3n) is 6.23. The van der Waals surface area contributed by atoms with Crippen LogP contribution >= 0.6 is 11.8 Å². The van der Waals surface area contributed by atoms with Crippen molar-refractivity contribution >= 4 is 39.9 Å². The Hall–Kier alpha value is -3.56. The van der Waals surface area contributed by atoms with E-state index >= 15 is 0 Å². The molecule has 1 aliphatic rings. The minimum Gasteiger partial charge on any atom is -0.355 e. The van der Waals surface area contributed by atoms with Gasteiger partial charge in [0.2, 0.25) is 0 Å². The number of benzene rings is 2. The van der Waals surface area contributed by atoms with Crippen LogP contribution in [0.2, 0.25) is 0 Å². The molecule has 204 valence electrons. The van der Waals surface area contributed by atoms with Gasteiger partial charge in [-0.2, -0.15) is 5.10 Å². The molecule has 9 heteroatoms. The van der Waals surface area contributed by atoms with E-state index < -0.39 is 0 Å². The molecule has 39 heavy (non-hydrogen) atoms. The Morgan fingerprint density at radius 1 is 1.00 bits per heavy atom. The minimum atomic E-state index is -0.292. The van der Waals surface area contributed by atoms with Crippen LogP contribution in [0.25, 0.3) is 11.4 Å². The molecule has 2 aromatic carbocycles. The number of hydrogen-bond donors (Lipinski definition) is 1. The molecule has 0 saturated carbocycles. The molecule has 3 aromatic rings. The number of rotatable bonds is 11. The van der Waals surface area contributed by atoms with Crippen LogP contribution in [0.3, 0.4) is 0 Å². The Morgan fingerprint density at radius 3 is 2.41 bits per heavy atom. The van der Waals surface area contributed by atoms with Crippen LogP contribution in [0.5, 0.6) is 0 Å². The number of hydrogen-bond acceptors (Lipinski definition) is 8. The smallest absolute Gasteiger partial charge is 0.274 e. The first-order valence-corrected chi connectivity index (χ1v) is 14.3. The van der Waals surface area contributed by atoms with Gasteiger partial charge in [-0.25, -0.2) is 9.97 Å². The summed E-state index contributed by atoms with van der Waals surface area (Å²) in [5.74, 6) is 2.21. The lowest BCUT2D eigenvalue weighted by Gasteiger charge is -2.24. The third kappa shape index (κ3) is 7.74. The van der Waals surface area contributed by atoms with E-state index in [4.69, 9.17) is 4.98 Å². The van der Waals surface area contributed by atoms with Crippen LogP contribution in [0.1, 0.15) is 43.2 Å². The van der Waals surface area contributed by atoms with E-state index in [2.05, 4.69) is 51.1 Å². The van der Waals surface area contributed by atoms with Crippen molar-refractivity contribution in [2.24, 2.45) is 16.1 Å². The van der Waals surface area contributed by atoms with Crippen LogP contribution in [-0.2, 0) is 0 Å². The Labute approximate surface area is 235 Å². The highest BCUT2D eigenvalue weighted by Gasteiger charge is 2.20. The van der Waals surface area contributed by atoms with Gasteiger partial charge in [0.15, 0.2) is 5.82 Å². The maximum atomic E-state index is 13.6. The molecule has 4 rings (SSSR count). The molecule has 0 unspecified atom stereocenters. The number of aromatic nitrogens is 2. The maximum Gasteiger partial charge on any atom is 0.274 e. The van der Waals surface area contributed by atoms with E-state index in [1.807, 2.05) is 68.7 Å². The average Bonchev–Trinajstić information content (AvgIpc) is 2.94. The van der Waals surface area contributed by atoms with Crippen molar-refractivity contribution in [3.05, 3.63) is 71.9 Å². The van der Waals surface area contributed by atoms with E-state index in [1.54, 1.807) is 17.8 Å². The Morgan fingerprint density at radius 2 is 1.74 bits per heavy atom. The average molecular weight is 544 g/mol. The number of anilines is 2. The van der Waals surface area contributed by atoms with Gasteiger partial charge in [-0.1, -0.05) is 62.4 Å². The van der Waals surface area contributed by atoms with Gasteiger partial charge in [-0.15, -0.1) is 16.9 Å². The summed E-state index contributed by atoms with van der Waals surface area (Å²) in [5.41, 5.74) is 3.57. The number of thioether (sulfide) groups is 1. The second-order valence-electron chi connectivity index (χ2n) is 10.1. The number of carbonyl (C=O) groups excluding carboxylic acids is 1. The molecule has 0 aliphatic carbocycles. The highest BCUT2D eigenvalue weighted by atomic mass is 32.2. The molecule has 1 aliphatic heterocycles. The van der Waals surface area contributed by atoms with Crippen molar-refractivity contribution in [3.8, 4) is 11.4 Å². The van der Waals surface area contributed by atoms with Gasteiger partial charge < -0.3 is 15.1 Å². The van der Waals surface area contributed by atoms with E-state index in [0.29, 0.717) is 28.9 Å². The first kappa shape index (κ1) is 28.4. The van der Waals surface area contributed by atoms with Gasteiger partial charge in [0.05, 0.1) is 16.4 Å². The van der Waals surface area contributed by atoms with Gasteiger partial charge in [0, 0.05) is 49.0 Å². The van der Waals surface area contributed by atoms with E-state index in [0.717, 1.165) is 53.8 Å². The monoisotopic (exact) mass is 543 g/mol. The lowest BCUT2D eigenvalue weighted by molar-refractivity contribution is 0.102. The zero-order chi connectivity index (χ0) is 27.8. The quantitative estimate of drug-likeness (QED) is 0.335. The van der Waals surface area contributed by atoms with E-state index in [1.165, 1.54) is 0 Å². The molecule has 2 heterocycles. The number of likely N-dealkylation sites (N-methyl/N-ethyl adjacent to an activating group) is 2. The van der Waals surface area contributed by atoms with Crippen LogP contribution in [0.15, 0.2) is 70.9 Å². The largest absolute Gasteiger partial charge is 0.355 e. The molecular formula is C30H37N7OS. The normalized spacial score (nSPS) is 13.3. The zero-order valence-corrected chi connectivity index (χ0v) is 24.2. The summed E-state index contributed by atoms with van der Waals surface area (Å²) in [5, 5.41) is 13.1. The molecule has 1 aromatic heterocycles. The van der Waals surface area contributed by atoms with E-state index in [-0.39, 0.29) is 5.91 Å². The number of nitrogens with zero attached hydrogens (tertiary/aromatic N) is 6. The minimum absolute atomic E-state index is 0.292. The number of para-hydroxylation sites is 1. The van der Waals surface area contributed by atoms with Gasteiger partial charge in [0.25, 0.3) is 5.91 Å². The fraction of sp³-hybridized carbons (Fsp3) is 0.367. The van der Waals surface area contributed by atoms with Crippen LogP contribution in [0, 0.1) is 5.92 Å². The van der Waals surface area contributed by atoms with E-state index in [9.17, 15) is 4.79 Å². The van der Waals surface area contributed by atoms with Gasteiger partial charge in [0.1, 0.15) is 11.5 Å². The molecular weight excluding hydrogens is 506 g/mol. The maximum absolute atomic E-state index is 13.6. The predicted octanol–water partition coefficient (Wildman–Crippen LogP) is 5.68. The molecule has 0 atom stereocenters. The number of nitrogens with one attached hydrogen (secondary N) is 1. The summed E-state index contributed by atoms with van der Waals surface area (Å²) < 4.78 is 0. The van der Waals surface area contributed by atoms with Crippen LogP contribution in [0.4, 0.5) is 11.5 Å². The van der Waals surface area contributed by atoms with Crippen molar-refractivity contribution in [3.63, 3.8) is 0 Å². The molecule has 0 bridgehead atoms. The molecule has 1 N–H and O–H groups in total. The SMILES string of the molecule is CCN(CCN(C)C)c1cc(C(=O)Nc2ccccc2C2=NN=C(CC(C)C)SC2)nc(-c2ccccc2)n1. The molecule has 0 spiro atoms. The first-order valence-electron chi connectivity index (χ1n) is 13.3. The molecule has 1 amide bonds. The summed E-state index contributed by atoms with van der Waals surface area (Å²) in [7, 11) is 4.09. The standard InChI is InChI=1S/C30H37N7OS/c1-6-37(17-16-36(4)5)27-19-25(31-29(33-27)22-12-8-7-9-13-22)30(38)32-24-15-11-10-14-23(24)26-20-39-28(35-34-26)18-21(2)3/h7-15,19,21H,6,16-18,20H2,1-5H3,(H,32,38). The van der Waals surface area contributed by atoms with Crippen LogP contribution < -0.4 is 10.2 Å². The summed E-state index contributed by atoms with van der Waals surface area (Å²) in [6.45, 7) is 8.87. The fourth-order valence-corrected chi connectivity index (χ4v) is 5.19. The third-order valence-corrected chi connectivity index (χ3v) is 7.23. The Kier molecular flexibility index (Phi) is 9.84. The Balaban J connectivity index is 1.65. The van der Waals surface area contributed by atoms with Gasteiger partial charge in [-0.3, -0.25) is 4.79 Å². The summed E-state index contributed by atoms with van der Waals surface area (Å²) in [6.07, 6.45) is 0.920. The van der Waals surface area contributed by atoms with Crippen LogP contribution in [-0.4, -0.2) is 71.0 Å². The second-order valence-corrected chi connectivity index (χ2v) is 11.2. The van der Waals surface area contributed by atoms with Gasteiger partial charge >= 0.3 is 0 Å². The zero-order valence-electron chi connectivity index (χ0n) is 23.4. The van der Waals surface area contributed by atoms with Crippen molar-refractivity contribution in [1.29, 1.82) is 0 Å². The van der Waals surface area contributed by atoms with Crippen molar-refractivity contribution in [2.45, 2.75) is 27.2 Å². The number of amides is 1. The highest BCUT2D eigenvalue weighted by Crippen LogP contribution is 2.25.